The summed E-state index contributed by atoms with van der Waals surface area (Å²) in [6.07, 6.45) is 4.11. The number of nitrogens with zero attached hydrogens (tertiary/aromatic N) is 2. The van der Waals surface area contributed by atoms with Gasteiger partial charge in [0.2, 0.25) is 6.79 Å². The predicted molar refractivity (Wildman–Crippen MR) is 121 cm³/mol. The molecule has 1 amide bonds. The molecule has 3 aromatic rings. The first kappa shape index (κ1) is 20.8. The van der Waals surface area contributed by atoms with Crippen LogP contribution in [-0.4, -0.2) is 35.9 Å². The van der Waals surface area contributed by atoms with Crippen molar-refractivity contribution in [2.75, 3.05) is 25.4 Å². The molecule has 0 radical (unpaired) electrons. The second kappa shape index (κ2) is 9.57. The van der Waals surface area contributed by atoms with Crippen LogP contribution < -0.4 is 19.0 Å². The van der Waals surface area contributed by atoms with Crippen molar-refractivity contribution >= 4 is 39.2 Å². The average Bonchev–Trinajstić information content (AvgIpc) is 3.34. The summed E-state index contributed by atoms with van der Waals surface area (Å²) in [6.45, 7) is 3.76. The Bertz CT molecular complexity index is 1120. The summed E-state index contributed by atoms with van der Waals surface area (Å²) < 4.78 is 19.9. The van der Waals surface area contributed by atoms with Gasteiger partial charge in [0, 0.05) is 30.0 Å². The van der Waals surface area contributed by atoms with Gasteiger partial charge in [0.15, 0.2) is 16.3 Å². The van der Waals surface area contributed by atoms with E-state index in [0.29, 0.717) is 22.7 Å². The molecule has 2 aromatic carbocycles. The van der Waals surface area contributed by atoms with Gasteiger partial charge in [-0.25, -0.2) is 0 Å². The summed E-state index contributed by atoms with van der Waals surface area (Å²) >= 11 is 3.24. The highest BCUT2D eigenvalue weighted by molar-refractivity contribution is 7.98. The van der Waals surface area contributed by atoms with E-state index in [4.69, 9.17) is 14.2 Å². The lowest BCUT2D eigenvalue weighted by atomic mass is 10.2. The highest BCUT2D eigenvalue weighted by atomic mass is 32.2. The molecule has 0 spiro atoms. The molecule has 6 nitrogen and oxygen atoms in total. The lowest BCUT2D eigenvalue weighted by molar-refractivity contribution is 0.0997. The van der Waals surface area contributed by atoms with E-state index >= 15 is 0 Å². The average molecular weight is 445 g/mol. The van der Waals surface area contributed by atoms with E-state index in [1.54, 1.807) is 23.9 Å². The van der Waals surface area contributed by atoms with Crippen LogP contribution >= 0.6 is 23.1 Å². The lowest BCUT2D eigenvalue weighted by Gasteiger charge is -2.06. The standard InChI is InChI=1S/C22H24N2O4S2/c1-3-4-9-26-16-7-5-6-15(11-16)21(25)23-22-24(8-10-29-2)17-12-18-19(28-14-27-18)13-20(17)30-22/h5-7,11-13H,3-4,8-10,14H2,1-2H3. The number of benzene rings is 2. The van der Waals surface area contributed by atoms with Gasteiger partial charge in [-0.05, 0) is 30.9 Å². The fraction of sp³-hybridized carbons (Fsp3) is 0.364. The van der Waals surface area contributed by atoms with Crippen molar-refractivity contribution in [1.82, 2.24) is 4.57 Å². The molecule has 2 heterocycles. The highest BCUT2D eigenvalue weighted by Crippen LogP contribution is 2.37. The molecule has 1 aromatic heterocycles. The number of amides is 1. The van der Waals surface area contributed by atoms with Crippen LogP contribution in [0.5, 0.6) is 17.2 Å². The van der Waals surface area contributed by atoms with Gasteiger partial charge in [-0.1, -0.05) is 30.7 Å². The molecule has 8 heteroatoms. The molecule has 0 fully saturated rings. The van der Waals surface area contributed by atoms with Crippen molar-refractivity contribution in [1.29, 1.82) is 0 Å². The van der Waals surface area contributed by atoms with Gasteiger partial charge in [0.25, 0.3) is 5.91 Å². The number of aromatic nitrogens is 1. The van der Waals surface area contributed by atoms with Crippen molar-refractivity contribution in [3.05, 3.63) is 46.8 Å². The number of rotatable bonds is 8. The molecule has 0 saturated carbocycles. The smallest absolute Gasteiger partial charge is 0.279 e. The van der Waals surface area contributed by atoms with Crippen LogP contribution in [-0.2, 0) is 6.54 Å². The Morgan fingerprint density at radius 1 is 1.27 bits per heavy atom. The van der Waals surface area contributed by atoms with Gasteiger partial charge in [-0.2, -0.15) is 16.8 Å². The maximum absolute atomic E-state index is 12.9. The minimum absolute atomic E-state index is 0.240. The van der Waals surface area contributed by atoms with Crippen LogP contribution in [0.1, 0.15) is 30.1 Å². The van der Waals surface area contributed by atoms with E-state index in [1.165, 1.54) is 11.3 Å². The number of thioether (sulfide) groups is 1. The van der Waals surface area contributed by atoms with Crippen molar-refractivity contribution in [3.63, 3.8) is 0 Å². The van der Waals surface area contributed by atoms with Gasteiger partial charge in [-0.3, -0.25) is 4.79 Å². The number of carbonyl (C=O) groups excluding carboxylic acids is 1. The van der Waals surface area contributed by atoms with Crippen molar-refractivity contribution < 1.29 is 19.0 Å². The fourth-order valence-corrected chi connectivity index (χ4v) is 4.58. The van der Waals surface area contributed by atoms with Crippen molar-refractivity contribution in [3.8, 4) is 17.2 Å². The summed E-state index contributed by atoms with van der Waals surface area (Å²) in [7, 11) is 0. The van der Waals surface area contributed by atoms with Gasteiger partial charge >= 0.3 is 0 Å². The molecule has 0 N–H and O–H groups in total. The minimum atomic E-state index is -0.277. The molecule has 0 unspecified atom stereocenters. The molecule has 30 heavy (non-hydrogen) atoms. The molecule has 1 aliphatic heterocycles. The third-order valence-electron chi connectivity index (χ3n) is 4.74. The molecule has 158 valence electrons. The van der Waals surface area contributed by atoms with E-state index in [9.17, 15) is 4.79 Å². The number of ether oxygens (including phenoxy) is 3. The van der Waals surface area contributed by atoms with Gasteiger partial charge < -0.3 is 18.8 Å². The first-order chi connectivity index (χ1) is 14.7. The van der Waals surface area contributed by atoms with Crippen LogP contribution in [0.3, 0.4) is 0 Å². The van der Waals surface area contributed by atoms with Crippen molar-refractivity contribution in [2.45, 2.75) is 26.3 Å². The number of hydrogen-bond acceptors (Lipinski definition) is 6. The van der Waals surface area contributed by atoms with Crippen LogP contribution in [0.15, 0.2) is 41.4 Å². The van der Waals surface area contributed by atoms with E-state index in [2.05, 4.69) is 22.7 Å². The maximum Gasteiger partial charge on any atom is 0.279 e. The first-order valence-electron chi connectivity index (χ1n) is 9.93. The Kier molecular flexibility index (Phi) is 6.64. The molecule has 0 bridgehead atoms. The quantitative estimate of drug-likeness (QED) is 0.471. The van der Waals surface area contributed by atoms with E-state index in [0.717, 1.165) is 46.9 Å². The largest absolute Gasteiger partial charge is 0.494 e. The van der Waals surface area contributed by atoms with Crippen LogP contribution in [0.25, 0.3) is 10.2 Å². The van der Waals surface area contributed by atoms with Gasteiger partial charge in [-0.15, -0.1) is 0 Å². The second-order valence-electron chi connectivity index (χ2n) is 6.85. The zero-order valence-electron chi connectivity index (χ0n) is 17.1. The molecule has 0 atom stereocenters. The maximum atomic E-state index is 12.9. The summed E-state index contributed by atoms with van der Waals surface area (Å²) in [4.78, 5) is 18.0. The Labute approximate surface area is 183 Å². The Morgan fingerprint density at radius 3 is 2.90 bits per heavy atom. The summed E-state index contributed by atoms with van der Waals surface area (Å²) in [5, 5.41) is 0. The zero-order chi connectivity index (χ0) is 20.9. The molecular formula is C22H24N2O4S2. The van der Waals surface area contributed by atoms with Gasteiger partial charge in [0.1, 0.15) is 5.75 Å². The number of hydrogen-bond donors (Lipinski definition) is 0. The number of carbonyl (C=O) groups is 1. The van der Waals surface area contributed by atoms with Crippen LogP contribution in [0, 0.1) is 0 Å². The van der Waals surface area contributed by atoms with E-state index < -0.39 is 0 Å². The van der Waals surface area contributed by atoms with Crippen molar-refractivity contribution in [2.24, 2.45) is 4.99 Å². The molecule has 1 aliphatic rings. The fourth-order valence-electron chi connectivity index (χ4n) is 3.15. The molecular weight excluding hydrogens is 420 g/mol. The number of thiazole rings is 1. The number of aryl methyl sites for hydroxylation is 1. The zero-order valence-corrected chi connectivity index (χ0v) is 18.7. The Hall–Kier alpha value is -2.45. The highest BCUT2D eigenvalue weighted by Gasteiger charge is 2.18. The number of fused-ring (bicyclic) bond motifs is 2. The van der Waals surface area contributed by atoms with Crippen LogP contribution in [0.2, 0.25) is 0 Å². The monoisotopic (exact) mass is 444 g/mol. The molecule has 0 aliphatic carbocycles. The molecule has 4 rings (SSSR count). The Balaban J connectivity index is 1.69. The number of unbranched alkanes of at least 4 members (excludes halogenated alkanes) is 1. The summed E-state index contributed by atoms with van der Waals surface area (Å²) in [5.74, 6) is 2.80. The second-order valence-corrected chi connectivity index (χ2v) is 8.84. The molecule has 0 saturated heterocycles. The van der Waals surface area contributed by atoms with E-state index in [1.807, 2.05) is 24.3 Å². The summed E-state index contributed by atoms with van der Waals surface area (Å²) in [5.41, 5.74) is 1.52. The van der Waals surface area contributed by atoms with Crippen LogP contribution in [0.4, 0.5) is 0 Å². The van der Waals surface area contributed by atoms with E-state index in [-0.39, 0.29) is 12.7 Å². The van der Waals surface area contributed by atoms with Gasteiger partial charge in [0.05, 0.1) is 16.8 Å². The lowest BCUT2D eigenvalue weighted by Crippen LogP contribution is -2.18. The normalized spacial score (nSPS) is 13.2. The Morgan fingerprint density at radius 2 is 2.10 bits per heavy atom. The SMILES string of the molecule is CCCCOc1cccc(C(=O)N=c2sc3cc4c(cc3n2CCSC)OCO4)c1. The summed E-state index contributed by atoms with van der Waals surface area (Å²) in [6, 6.07) is 11.2. The third kappa shape index (κ3) is 4.49. The predicted octanol–water partition coefficient (Wildman–Crippen LogP) is 4.71. The minimum Gasteiger partial charge on any atom is -0.494 e. The first-order valence-corrected chi connectivity index (χ1v) is 12.1. The topological polar surface area (TPSA) is 62.0 Å². The third-order valence-corrected chi connectivity index (χ3v) is 6.37.